The number of nitrogens with one attached hydrogen (secondary N) is 1. The predicted molar refractivity (Wildman–Crippen MR) is 119 cm³/mol. The number of amidine groups is 1. The lowest BCUT2D eigenvalue weighted by atomic mass is 9.98. The molecular weight excluding hydrogens is 419 g/mol. The number of nitrogens with two attached hydrogens (primary N) is 2. The zero-order valence-electron chi connectivity index (χ0n) is 17.9. The Labute approximate surface area is 183 Å². The standard InChI is InChI=1S/C23H24F3N5O/c1-13-15(5-4-6-19(13)23(24,25)26)10-30-22(28)18-9-17(11-29-21(18)14(2)27)16-7-8-20(32)31(3)12-16/h4-9,11-12,29H,10,27H2,1-3H3,(H2,28,30)/b21-14+. The van der Waals surface area contributed by atoms with E-state index >= 15 is 0 Å². The van der Waals surface area contributed by atoms with Gasteiger partial charge in [-0.3, -0.25) is 9.79 Å². The van der Waals surface area contributed by atoms with Gasteiger partial charge in [0.25, 0.3) is 0 Å². The molecule has 5 N–H and O–H groups in total. The molecule has 0 aliphatic carbocycles. The SMILES string of the molecule is C/C(N)=C1\NC=C(c2ccc(=O)n(C)c2)C=C1C(N)=NCc1cccc(C(F)(F)F)c1C. The topological polar surface area (TPSA) is 98.4 Å². The number of allylic oxidation sites excluding steroid dienone is 3. The number of aromatic nitrogens is 1. The molecule has 1 aliphatic heterocycles. The van der Waals surface area contributed by atoms with Crippen LogP contribution in [-0.4, -0.2) is 10.4 Å². The second kappa shape index (κ2) is 8.78. The van der Waals surface area contributed by atoms with Gasteiger partial charge < -0.3 is 21.4 Å². The number of aryl methyl sites for hydroxylation is 1. The lowest BCUT2D eigenvalue weighted by Gasteiger charge is -2.20. The van der Waals surface area contributed by atoms with E-state index in [1.165, 1.54) is 23.6 Å². The number of hydrogen-bond acceptors (Lipinski definition) is 4. The van der Waals surface area contributed by atoms with E-state index in [9.17, 15) is 18.0 Å². The molecule has 1 aliphatic rings. The Morgan fingerprint density at radius 3 is 2.53 bits per heavy atom. The number of hydrogen-bond donors (Lipinski definition) is 3. The number of alkyl halides is 3. The molecule has 0 saturated carbocycles. The summed E-state index contributed by atoms with van der Waals surface area (Å²) >= 11 is 0. The highest BCUT2D eigenvalue weighted by molar-refractivity contribution is 6.04. The van der Waals surface area contributed by atoms with Crippen molar-refractivity contribution in [2.45, 2.75) is 26.6 Å². The minimum absolute atomic E-state index is 0.0191. The summed E-state index contributed by atoms with van der Waals surface area (Å²) < 4.78 is 41.0. The molecular formula is C23H24F3N5O. The third kappa shape index (κ3) is 4.77. The third-order valence-electron chi connectivity index (χ3n) is 5.20. The number of aliphatic imine (C=N–C) groups is 1. The van der Waals surface area contributed by atoms with Crippen molar-refractivity contribution in [3.63, 3.8) is 0 Å². The number of halogens is 3. The smallest absolute Gasteiger partial charge is 0.401 e. The summed E-state index contributed by atoms with van der Waals surface area (Å²) in [6.07, 6.45) is 0.763. The van der Waals surface area contributed by atoms with E-state index in [0.29, 0.717) is 22.5 Å². The van der Waals surface area contributed by atoms with Gasteiger partial charge in [0.1, 0.15) is 5.84 Å². The molecule has 9 heteroatoms. The second-order valence-corrected chi connectivity index (χ2v) is 7.52. The van der Waals surface area contributed by atoms with Crippen LogP contribution in [0.15, 0.2) is 75.6 Å². The van der Waals surface area contributed by atoms with Crippen LogP contribution >= 0.6 is 0 Å². The van der Waals surface area contributed by atoms with Crippen LogP contribution in [0.25, 0.3) is 5.57 Å². The van der Waals surface area contributed by atoms with E-state index in [2.05, 4.69) is 10.3 Å². The highest BCUT2D eigenvalue weighted by Gasteiger charge is 2.32. The van der Waals surface area contributed by atoms with Crippen LogP contribution in [0.4, 0.5) is 13.2 Å². The van der Waals surface area contributed by atoms with Crippen LogP contribution in [0.3, 0.4) is 0 Å². The maximum atomic E-state index is 13.2. The summed E-state index contributed by atoms with van der Waals surface area (Å²) in [4.78, 5) is 16.0. The normalized spacial score (nSPS) is 16.2. The van der Waals surface area contributed by atoms with Crippen molar-refractivity contribution < 1.29 is 13.2 Å². The molecule has 168 valence electrons. The van der Waals surface area contributed by atoms with Gasteiger partial charge >= 0.3 is 6.18 Å². The monoisotopic (exact) mass is 443 g/mol. The van der Waals surface area contributed by atoms with Gasteiger partial charge in [-0.1, -0.05) is 12.1 Å². The molecule has 2 aromatic rings. The van der Waals surface area contributed by atoms with E-state index < -0.39 is 11.7 Å². The summed E-state index contributed by atoms with van der Waals surface area (Å²) in [7, 11) is 1.65. The van der Waals surface area contributed by atoms with E-state index in [1.54, 1.807) is 44.6 Å². The minimum atomic E-state index is -4.44. The van der Waals surface area contributed by atoms with Crippen molar-refractivity contribution in [2.24, 2.45) is 23.5 Å². The van der Waals surface area contributed by atoms with Gasteiger partial charge in [-0.2, -0.15) is 13.2 Å². The third-order valence-corrected chi connectivity index (χ3v) is 5.20. The maximum absolute atomic E-state index is 13.2. The first kappa shape index (κ1) is 22.9. The molecule has 0 unspecified atom stereocenters. The number of rotatable bonds is 4. The van der Waals surface area contributed by atoms with Crippen LogP contribution in [0.5, 0.6) is 0 Å². The van der Waals surface area contributed by atoms with Gasteiger partial charge in [-0.05, 0) is 54.3 Å². The highest BCUT2D eigenvalue weighted by Crippen LogP contribution is 2.33. The molecule has 0 fully saturated rings. The average Bonchev–Trinajstić information content (AvgIpc) is 2.73. The number of dihydropyridines is 1. The predicted octanol–water partition coefficient (Wildman–Crippen LogP) is 3.33. The fourth-order valence-electron chi connectivity index (χ4n) is 3.37. The minimum Gasteiger partial charge on any atom is -0.401 e. The lowest BCUT2D eigenvalue weighted by molar-refractivity contribution is -0.138. The molecule has 6 nitrogen and oxygen atoms in total. The fraction of sp³-hybridized carbons (Fsp3) is 0.217. The van der Waals surface area contributed by atoms with Crippen LogP contribution in [0.1, 0.15) is 29.2 Å². The molecule has 3 rings (SSSR count). The molecule has 2 heterocycles. The number of pyridine rings is 1. The van der Waals surface area contributed by atoms with E-state index in [0.717, 1.165) is 17.2 Å². The van der Waals surface area contributed by atoms with Crippen molar-refractivity contribution in [1.82, 2.24) is 9.88 Å². The highest BCUT2D eigenvalue weighted by atomic mass is 19.4. The quantitative estimate of drug-likeness (QED) is 0.499. The molecule has 0 saturated heterocycles. The first-order chi connectivity index (χ1) is 15.0. The maximum Gasteiger partial charge on any atom is 0.416 e. The summed E-state index contributed by atoms with van der Waals surface area (Å²) in [6.45, 7) is 3.10. The lowest BCUT2D eigenvalue weighted by Crippen LogP contribution is -2.27. The number of nitrogens with zero attached hydrogens (tertiary/aromatic N) is 2. The van der Waals surface area contributed by atoms with Gasteiger partial charge in [0.2, 0.25) is 5.56 Å². The zero-order chi connectivity index (χ0) is 23.6. The Kier molecular flexibility index (Phi) is 6.29. The molecule has 0 bridgehead atoms. The average molecular weight is 443 g/mol. The summed E-state index contributed by atoms with van der Waals surface area (Å²) in [5.41, 5.74) is 15.0. The van der Waals surface area contributed by atoms with Gasteiger partial charge in [0.15, 0.2) is 0 Å². The molecule has 0 atom stereocenters. The zero-order valence-corrected chi connectivity index (χ0v) is 17.9. The van der Waals surface area contributed by atoms with E-state index in [4.69, 9.17) is 11.5 Å². The fourth-order valence-corrected chi connectivity index (χ4v) is 3.37. The molecule has 1 aromatic carbocycles. The first-order valence-corrected chi connectivity index (χ1v) is 9.77. The van der Waals surface area contributed by atoms with Gasteiger partial charge in [-0.15, -0.1) is 0 Å². The van der Waals surface area contributed by atoms with Gasteiger partial charge in [0, 0.05) is 36.8 Å². The Hall–Kier alpha value is -3.75. The van der Waals surface area contributed by atoms with Gasteiger partial charge in [0.05, 0.1) is 17.8 Å². The van der Waals surface area contributed by atoms with Gasteiger partial charge in [-0.25, -0.2) is 0 Å². The van der Waals surface area contributed by atoms with Crippen LogP contribution in [0.2, 0.25) is 0 Å². The Morgan fingerprint density at radius 2 is 1.91 bits per heavy atom. The second-order valence-electron chi connectivity index (χ2n) is 7.52. The van der Waals surface area contributed by atoms with Crippen molar-refractivity contribution in [2.75, 3.05) is 0 Å². The summed E-state index contributed by atoms with van der Waals surface area (Å²) in [5.74, 6) is 0.129. The Morgan fingerprint density at radius 1 is 1.19 bits per heavy atom. The van der Waals surface area contributed by atoms with Crippen LogP contribution in [0, 0.1) is 6.92 Å². The van der Waals surface area contributed by atoms with Crippen molar-refractivity contribution in [3.05, 3.63) is 98.4 Å². The van der Waals surface area contributed by atoms with Crippen LogP contribution < -0.4 is 22.3 Å². The van der Waals surface area contributed by atoms with Crippen molar-refractivity contribution in [3.8, 4) is 0 Å². The Balaban J connectivity index is 1.97. The summed E-state index contributed by atoms with van der Waals surface area (Å²) in [5, 5.41) is 3.10. The summed E-state index contributed by atoms with van der Waals surface area (Å²) in [6, 6.07) is 7.14. The molecule has 0 amide bonds. The van der Waals surface area contributed by atoms with Crippen LogP contribution in [-0.2, 0) is 19.8 Å². The van der Waals surface area contributed by atoms with Crippen molar-refractivity contribution in [1.29, 1.82) is 0 Å². The number of benzene rings is 1. The molecule has 0 radical (unpaired) electrons. The molecule has 1 aromatic heterocycles. The Bertz CT molecular complexity index is 1230. The van der Waals surface area contributed by atoms with Crippen molar-refractivity contribution >= 4 is 11.4 Å². The van der Waals surface area contributed by atoms with E-state index in [-0.39, 0.29) is 23.5 Å². The van der Waals surface area contributed by atoms with E-state index in [1.807, 2.05) is 0 Å². The first-order valence-electron chi connectivity index (χ1n) is 9.77. The largest absolute Gasteiger partial charge is 0.416 e. The molecule has 32 heavy (non-hydrogen) atoms. The molecule has 0 spiro atoms.